The van der Waals surface area contributed by atoms with Gasteiger partial charge in [-0.2, -0.15) is 0 Å². The van der Waals surface area contributed by atoms with Crippen LogP contribution < -0.4 is 10.6 Å². The van der Waals surface area contributed by atoms with Gasteiger partial charge in [0.2, 0.25) is 11.8 Å². The molecule has 0 radical (unpaired) electrons. The van der Waals surface area contributed by atoms with Crippen LogP contribution in [-0.4, -0.2) is 11.8 Å². The number of benzene rings is 1. The van der Waals surface area contributed by atoms with Crippen LogP contribution in [-0.2, 0) is 9.59 Å². The predicted molar refractivity (Wildman–Crippen MR) is 84.5 cm³/mol. The van der Waals surface area contributed by atoms with Crippen molar-refractivity contribution in [2.24, 2.45) is 5.92 Å². The zero-order chi connectivity index (χ0) is 14.8. The number of carbonyl (C=O) groups excluding carboxylic acids is 2. The Morgan fingerprint density at radius 2 is 1.90 bits per heavy atom. The third kappa shape index (κ3) is 3.31. The monoisotopic (exact) mass is 300 g/mol. The molecule has 0 saturated heterocycles. The van der Waals surface area contributed by atoms with Gasteiger partial charge in [0.1, 0.15) is 0 Å². The van der Waals surface area contributed by atoms with Crippen LogP contribution in [0.1, 0.15) is 24.1 Å². The van der Waals surface area contributed by atoms with Crippen LogP contribution in [0, 0.1) is 5.92 Å². The Morgan fingerprint density at radius 1 is 1.14 bits per heavy atom. The molecule has 108 valence electrons. The summed E-state index contributed by atoms with van der Waals surface area (Å²) in [5.41, 5.74) is 1.40. The molecule has 2 aromatic rings. The van der Waals surface area contributed by atoms with Crippen LogP contribution >= 0.6 is 11.3 Å². The summed E-state index contributed by atoms with van der Waals surface area (Å²) < 4.78 is 0. The number of rotatable bonds is 4. The van der Waals surface area contributed by atoms with Gasteiger partial charge in [0.05, 0.1) is 0 Å². The van der Waals surface area contributed by atoms with Gasteiger partial charge in [0.15, 0.2) is 0 Å². The number of hydrogen-bond acceptors (Lipinski definition) is 3. The quantitative estimate of drug-likeness (QED) is 0.908. The molecule has 1 aromatic heterocycles. The van der Waals surface area contributed by atoms with Crippen LogP contribution in [0.5, 0.6) is 0 Å². The third-order valence-corrected chi connectivity index (χ3v) is 4.49. The Hall–Kier alpha value is -2.14. The topological polar surface area (TPSA) is 58.2 Å². The summed E-state index contributed by atoms with van der Waals surface area (Å²) in [6.45, 7) is 1.46. The molecule has 2 atom stereocenters. The van der Waals surface area contributed by atoms with E-state index in [2.05, 4.69) is 16.7 Å². The van der Waals surface area contributed by atoms with Crippen molar-refractivity contribution in [2.75, 3.05) is 10.6 Å². The van der Waals surface area contributed by atoms with Crippen molar-refractivity contribution in [2.45, 2.75) is 19.3 Å². The summed E-state index contributed by atoms with van der Waals surface area (Å²) in [6.07, 6.45) is 0.914. The van der Waals surface area contributed by atoms with Crippen LogP contribution in [0.4, 0.5) is 11.4 Å². The molecule has 3 rings (SSSR count). The minimum Gasteiger partial charge on any atom is -0.326 e. The Labute approximate surface area is 127 Å². The second-order valence-electron chi connectivity index (χ2n) is 5.22. The molecule has 0 spiro atoms. The lowest BCUT2D eigenvalue weighted by atomic mass is 10.2. The van der Waals surface area contributed by atoms with Crippen LogP contribution in [0.15, 0.2) is 41.8 Å². The first kappa shape index (κ1) is 13.8. The fourth-order valence-corrected chi connectivity index (χ4v) is 3.32. The molecule has 4 nitrogen and oxygen atoms in total. The first-order valence-electron chi connectivity index (χ1n) is 6.85. The van der Waals surface area contributed by atoms with E-state index in [1.54, 1.807) is 23.5 Å². The van der Waals surface area contributed by atoms with Gasteiger partial charge in [-0.3, -0.25) is 9.59 Å². The van der Waals surface area contributed by atoms with Crippen LogP contribution in [0.3, 0.4) is 0 Å². The van der Waals surface area contributed by atoms with Crippen LogP contribution in [0.25, 0.3) is 0 Å². The molecule has 21 heavy (non-hydrogen) atoms. The number of thiophene rings is 1. The highest BCUT2D eigenvalue weighted by Crippen LogP contribution is 2.49. The normalized spacial score (nSPS) is 19.9. The Bertz CT molecular complexity index is 667. The Balaban J connectivity index is 1.62. The summed E-state index contributed by atoms with van der Waals surface area (Å²) in [5.74, 6) is 0.350. The number of hydrogen-bond donors (Lipinski definition) is 2. The lowest BCUT2D eigenvalue weighted by Gasteiger charge is -2.07. The van der Waals surface area contributed by atoms with Gasteiger partial charge >= 0.3 is 0 Å². The van der Waals surface area contributed by atoms with Crippen molar-refractivity contribution in [3.8, 4) is 0 Å². The van der Waals surface area contributed by atoms with E-state index < -0.39 is 0 Å². The number of nitrogens with one attached hydrogen (secondary N) is 2. The third-order valence-electron chi connectivity index (χ3n) is 3.49. The second kappa shape index (κ2) is 5.69. The van der Waals surface area contributed by atoms with Gasteiger partial charge in [-0.1, -0.05) is 12.1 Å². The number of amides is 2. The second-order valence-corrected chi connectivity index (χ2v) is 6.19. The highest BCUT2D eigenvalue weighted by Gasteiger charge is 2.44. The molecular weight excluding hydrogens is 284 g/mol. The molecule has 0 aliphatic heterocycles. The Kier molecular flexibility index (Phi) is 3.75. The fraction of sp³-hybridized carbons (Fsp3) is 0.250. The largest absolute Gasteiger partial charge is 0.326 e. The molecule has 1 aliphatic rings. The van der Waals surface area contributed by atoms with Crippen molar-refractivity contribution < 1.29 is 9.59 Å². The average Bonchev–Trinajstić information content (AvgIpc) is 3.05. The van der Waals surface area contributed by atoms with E-state index in [-0.39, 0.29) is 17.7 Å². The predicted octanol–water partition coefficient (Wildman–Crippen LogP) is 3.45. The van der Waals surface area contributed by atoms with E-state index >= 15 is 0 Å². The highest BCUT2D eigenvalue weighted by molar-refractivity contribution is 7.10. The zero-order valence-corrected chi connectivity index (χ0v) is 12.4. The molecule has 2 unspecified atom stereocenters. The van der Waals surface area contributed by atoms with E-state index in [1.807, 2.05) is 23.6 Å². The lowest BCUT2D eigenvalue weighted by Crippen LogP contribution is -2.14. The molecule has 1 saturated carbocycles. The maximum atomic E-state index is 12.2. The maximum absolute atomic E-state index is 12.2. The first-order valence-corrected chi connectivity index (χ1v) is 7.73. The maximum Gasteiger partial charge on any atom is 0.228 e. The number of anilines is 2. The molecule has 1 fully saturated rings. The summed E-state index contributed by atoms with van der Waals surface area (Å²) in [6, 6.07) is 11.3. The smallest absolute Gasteiger partial charge is 0.228 e. The van der Waals surface area contributed by atoms with Crippen molar-refractivity contribution in [1.82, 2.24) is 0 Å². The van der Waals surface area contributed by atoms with Gasteiger partial charge in [0, 0.05) is 35.0 Å². The first-order chi connectivity index (χ1) is 10.1. The van der Waals surface area contributed by atoms with E-state index in [0.29, 0.717) is 17.3 Å². The standard InChI is InChI=1S/C16H16N2O2S/c1-10(19)17-11-4-2-5-12(8-11)18-16(20)14-9-13(14)15-6-3-7-21-15/h2-8,13-14H,9H2,1H3,(H,17,19)(H,18,20). The van der Waals surface area contributed by atoms with Crippen molar-refractivity contribution in [3.63, 3.8) is 0 Å². The van der Waals surface area contributed by atoms with Gasteiger partial charge in [0.25, 0.3) is 0 Å². The highest BCUT2D eigenvalue weighted by atomic mass is 32.1. The molecule has 0 bridgehead atoms. The summed E-state index contributed by atoms with van der Waals surface area (Å²) in [7, 11) is 0. The molecule has 1 aromatic carbocycles. The number of carbonyl (C=O) groups is 2. The molecule has 1 heterocycles. The van der Waals surface area contributed by atoms with Gasteiger partial charge in [-0.25, -0.2) is 0 Å². The Morgan fingerprint density at radius 3 is 2.57 bits per heavy atom. The summed E-state index contributed by atoms with van der Waals surface area (Å²) >= 11 is 1.70. The fourth-order valence-electron chi connectivity index (χ4n) is 2.41. The van der Waals surface area contributed by atoms with Crippen molar-refractivity contribution in [1.29, 1.82) is 0 Å². The SMILES string of the molecule is CC(=O)Nc1cccc(NC(=O)C2CC2c2cccs2)c1. The molecule has 2 N–H and O–H groups in total. The van der Waals surface area contributed by atoms with Crippen molar-refractivity contribution >= 4 is 34.5 Å². The van der Waals surface area contributed by atoms with Gasteiger partial charge in [-0.05, 0) is 36.1 Å². The minimum atomic E-state index is -0.126. The molecular formula is C16H16N2O2S. The minimum absolute atomic E-state index is 0.0494. The van der Waals surface area contributed by atoms with Crippen molar-refractivity contribution in [3.05, 3.63) is 46.7 Å². The summed E-state index contributed by atoms with van der Waals surface area (Å²) in [5, 5.41) is 7.67. The molecule has 1 aliphatic carbocycles. The molecule has 5 heteroatoms. The van der Waals surface area contributed by atoms with Gasteiger partial charge in [-0.15, -0.1) is 11.3 Å². The zero-order valence-electron chi connectivity index (χ0n) is 11.6. The van der Waals surface area contributed by atoms with E-state index in [0.717, 1.165) is 6.42 Å². The lowest BCUT2D eigenvalue weighted by molar-refractivity contribution is -0.117. The van der Waals surface area contributed by atoms with Crippen LogP contribution in [0.2, 0.25) is 0 Å². The average molecular weight is 300 g/mol. The van der Waals surface area contributed by atoms with E-state index in [9.17, 15) is 9.59 Å². The summed E-state index contributed by atoms with van der Waals surface area (Å²) in [4.78, 5) is 24.5. The van der Waals surface area contributed by atoms with E-state index in [4.69, 9.17) is 0 Å². The van der Waals surface area contributed by atoms with Gasteiger partial charge < -0.3 is 10.6 Å². The van der Waals surface area contributed by atoms with E-state index in [1.165, 1.54) is 11.8 Å². The molecule has 2 amide bonds.